The van der Waals surface area contributed by atoms with Crippen LogP contribution < -0.4 is 5.32 Å². The SMILES string of the molecule is CC(CNCC1CCC(C)(C)O1)N(C)C1CC1. The van der Waals surface area contributed by atoms with Gasteiger partial charge in [-0.2, -0.15) is 0 Å². The molecule has 0 amide bonds. The molecule has 0 aromatic rings. The molecule has 0 radical (unpaired) electrons. The molecule has 1 aliphatic heterocycles. The van der Waals surface area contributed by atoms with Crippen molar-refractivity contribution in [1.29, 1.82) is 0 Å². The lowest BCUT2D eigenvalue weighted by Gasteiger charge is -2.25. The molecule has 2 rings (SSSR count). The van der Waals surface area contributed by atoms with Gasteiger partial charge in [-0.15, -0.1) is 0 Å². The maximum Gasteiger partial charge on any atom is 0.0707 e. The van der Waals surface area contributed by atoms with E-state index in [-0.39, 0.29) is 5.60 Å². The first-order valence-electron chi connectivity index (χ1n) is 7.08. The second kappa shape index (κ2) is 5.25. The second-order valence-electron chi connectivity index (χ2n) is 6.44. The minimum Gasteiger partial charge on any atom is -0.371 e. The van der Waals surface area contributed by atoms with E-state index in [0.717, 1.165) is 19.1 Å². The number of rotatable bonds is 6. The first kappa shape index (κ1) is 13.3. The highest BCUT2D eigenvalue weighted by atomic mass is 16.5. The molecule has 1 saturated heterocycles. The zero-order chi connectivity index (χ0) is 12.5. The normalized spacial score (nSPS) is 29.8. The fraction of sp³-hybridized carbons (Fsp3) is 1.00. The van der Waals surface area contributed by atoms with E-state index in [0.29, 0.717) is 12.1 Å². The lowest BCUT2D eigenvalue weighted by atomic mass is 10.1. The van der Waals surface area contributed by atoms with Crippen LogP contribution in [-0.4, -0.2) is 48.8 Å². The largest absolute Gasteiger partial charge is 0.371 e. The maximum absolute atomic E-state index is 5.97. The van der Waals surface area contributed by atoms with Crippen LogP contribution in [-0.2, 0) is 4.74 Å². The zero-order valence-corrected chi connectivity index (χ0v) is 11.8. The Labute approximate surface area is 106 Å². The molecule has 1 saturated carbocycles. The number of nitrogens with zero attached hydrogens (tertiary/aromatic N) is 1. The highest BCUT2D eigenvalue weighted by Crippen LogP contribution is 2.29. The molecular weight excluding hydrogens is 212 g/mol. The topological polar surface area (TPSA) is 24.5 Å². The van der Waals surface area contributed by atoms with Crippen LogP contribution in [0, 0.1) is 0 Å². The van der Waals surface area contributed by atoms with Crippen LogP contribution in [0.2, 0.25) is 0 Å². The minimum absolute atomic E-state index is 0.1000. The molecule has 100 valence electrons. The van der Waals surface area contributed by atoms with Gasteiger partial charge < -0.3 is 10.1 Å². The summed E-state index contributed by atoms with van der Waals surface area (Å²) in [5, 5.41) is 3.56. The predicted octanol–water partition coefficient (Wildman–Crippen LogP) is 2.02. The van der Waals surface area contributed by atoms with Gasteiger partial charge in [0, 0.05) is 25.2 Å². The Bertz CT molecular complexity index is 249. The van der Waals surface area contributed by atoms with E-state index in [1.165, 1.54) is 25.7 Å². The van der Waals surface area contributed by atoms with E-state index in [4.69, 9.17) is 4.74 Å². The number of ether oxygens (including phenoxy) is 1. The van der Waals surface area contributed by atoms with E-state index in [2.05, 4.69) is 38.0 Å². The lowest BCUT2D eigenvalue weighted by Crippen LogP contribution is -2.41. The molecule has 0 aromatic heterocycles. The smallest absolute Gasteiger partial charge is 0.0707 e. The van der Waals surface area contributed by atoms with Gasteiger partial charge in [0.1, 0.15) is 0 Å². The van der Waals surface area contributed by atoms with E-state index in [1.807, 2.05) is 0 Å². The van der Waals surface area contributed by atoms with Crippen LogP contribution >= 0.6 is 0 Å². The van der Waals surface area contributed by atoms with Gasteiger partial charge in [-0.05, 0) is 53.5 Å². The van der Waals surface area contributed by atoms with Crippen LogP contribution in [0.1, 0.15) is 46.5 Å². The lowest BCUT2D eigenvalue weighted by molar-refractivity contribution is -0.0145. The van der Waals surface area contributed by atoms with E-state index in [1.54, 1.807) is 0 Å². The minimum atomic E-state index is 0.1000. The van der Waals surface area contributed by atoms with Gasteiger partial charge in [-0.3, -0.25) is 4.90 Å². The molecule has 2 aliphatic rings. The van der Waals surface area contributed by atoms with Gasteiger partial charge in [0.25, 0.3) is 0 Å². The Morgan fingerprint density at radius 3 is 2.59 bits per heavy atom. The van der Waals surface area contributed by atoms with Crippen LogP contribution in [0.5, 0.6) is 0 Å². The van der Waals surface area contributed by atoms with Crippen molar-refractivity contribution in [2.75, 3.05) is 20.1 Å². The van der Waals surface area contributed by atoms with Crippen molar-refractivity contribution < 1.29 is 4.74 Å². The highest BCUT2D eigenvalue weighted by molar-refractivity contribution is 4.86. The molecule has 0 aromatic carbocycles. The van der Waals surface area contributed by atoms with Crippen molar-refractivity contribution >= 4 is 0 Å². The Morgan fingerprint density at radius 2 is 2.06 bits per heavy atom. The molecule has 0 bridgehead atoms. The van der Waals surface area contributed by atoms with Crippen LogP contribution in [0.3, 0.4) is 0 Å². The summed E-state index contributed by atoms with van der Waals surface area (Å²) in [4.78, 5) is 2.51. The summed E-state index contributed by atoms with van der Waals surface area (Å²) in [7, 11) is 2.25. The summed E-state index contributed by atoms with van der Waals surface area (Å²) in [6.45, 7) is 8.78. The monoisotopic (exact) mass is 240 g/mol. The number of likely N-dealkylation sites (N-methyl/N-ethyl adjacent to an activating group) is 1. The third-order valence-electron chi connectivity index (χ3n) is 4.18. The third kappa shape index (κ3) is 3.94. The van der Waals surface area contributed by atoms with E-state index in [9.17, 15) is 0 Å². The molecule has 1 aliphatic carbocycles. The third-order valence-corrected chi connectivity index (χ3v) is 4.18. The van der Waals surface area contributed by atoms with Crippen molar-refractivity contribution in [3.05, 3.63) is 0 Å². The molecule has 2 unspecified atom stereocenters. The van der Waals surface area contributed by atoms with Crippen LogP contribution in [0.25, 0.3) is 0 Å². The maximum atomic E-state index is 5.97. The van der Waals surface area contributed by atoms with Gasteiger partial charge >= 0.3 is 0 Å². The highest BCUT2D eigenvalue weighted by Gasteiger charge is 2.32. The summed E-state index contributed by atoms with van der Waals surface area (Å²) in [5.41, 5.74) is 0.1000. The summed E-state index contributed by atoms with van der Waals surface area (Å²) >= 11 is 0. The summed E-state index contributed by atoms with van der Waals surface area (Å²) in [6.07, 6.45) is 5.59. The van der Waals surface area contributed by atoms with Crippen molar-refractivity contribution in [1.82, 2.24) is 10.2 Å². The van der Waals surface area contributed by atoms with Crippen LogP contribution in [0.15, 0.2) is 0 Å². The van der Waals surface area contributed by atoms with Gasteiger partial charge in [0.2, 0.25) is 0 Å². The molecular formula is C14H28N2O. The first-order valence-corrected chi connectivity index (χ1v) is 7.08. The molecule has 1 heterocycles. The average molecular weight is 240 g/mol. The fourth-order valence-electron chi connectivity index (χ4n) is 2.66. The Kier molecular flexibility index (Phi) is 4.11. The molecule has 3 heteroatoms. The summed E-state index contributed by atoms with van der Waals surface area (Å²) in [5.74, 6) is 0. The van der Waals surface area contributed by atoms with Crippen molar-refractivity contribution in [3.8, 4) is 0 Å². The average Bonchev–Trinajstić information content (AvgIpc) is 3.03. The quantitative estimate of drug-likeness (QED) is 0.769. The number of nitrogens with one attached hydrogen (secondary N) is 1. The van der Waals surface area contributed by atoms with Gasteiger partial charge in [0.15, 0.2) is 0 Å². The second-order valence-corrected chi connectivity index (χ2v) is 6.44. The first-order chi connectivity index (χ1) is 7.98. The summed E-state index contributed by atoms with van der Waals surface area (Å²) in [6, 6.07) is 1.49. The van der Waals surface area contributed by atoms with Gasteiger partial charge in [0.05, 0.1) is 11.7 Å². The molecule has 0 spiro atoms. The van der Waals surface area contributed by atoms with Gasteiger partial charge in [-0.25, -0.2) is 0 Å². The zero-order valence-electron chi connectivity index (χ0n) is 11.8. The molecule has 3 nitrogen and oxygen atoms in total. The molecule has 17 heavy (non-hydrogen) atoms. The number of hydrogen-bond acceptors (Lipinski definition) is 3. The molecule has 2 atom stereocenters. The standard InChI is InChI=1S/C14H28N2O/c1-11(16(4)12-5-6-12)9-15-10-13-7-8-14(2,3)17-13/h11-13,15H,5-10H2,1-4H3. The molecule has 1 N–H and O–H groups in total. The van der Waals surface area contributed by atoms with Crippen molar-refractivity contribution in [2.24, 2.45) is 0 Å². The molecule has 2 fully saturated rings. The Morgan fingerprint density at radius 1 is 1.35 bits per heavy atom. The Hall–Kier alpha value is -0.120. The predicted molar refractivity (Wildman–Crippen MR) is 71.3 cm³/mol. The fourth-order valence-corrected chi connectivity index (χ4v) is 2.66. The van der Waals surface area contributed by atoms with Gasteiger partial charge in [-0.1, -0.05) is 0 Å². The van der Waals surface area contributed by atoms with E-state index >= 15 is 0 Å². The van der Waals surface area contributed by atoms with Crippen molar-refractivity contribution in [3.63, 3.8) is 0 Å². The Balaban J connectivity index is 1.59. The number of hydrogen-bond donors (Lipinski definition) is 1. The van der Waals surface area contributed by atoms with E-state index < -0.39 is 0 Å². The van der Waals surface area contributed by atoms with Crippen molar-refractivity contribution in [2.45, 2.75) is 70.2 Å². The van der Waals surface area contributed by atoms with Crippen LogP contribution in [0.4, 0.5) is 0 Å². The summed E-state index contributed by atoms with van der Waals surface area (Å²) < 4.78 is 5.97.